The van der Waals surface area contributed by atoms with Crippen molar-refractivity contribution in [2.75, 3.05) is 30.5 Å². The fraction of sp³-hybridized carbons (Fsp3) is 0.256. The van der Waals surface area contributed by atoms with E-state index in [0.29, 0.717) is 24.3 Å². The molecule has 4 aromatic carbocycles. The molecule has 2 aliphatic carbocycles. The molecule has 0 spiro atoms. The van der Waals surface area contributed by atoms with Crippen LogP contribution in [-0.4, -0.2) is 42.2 Å². The molecule has 0 saturated heterocycles. The van der Waals surface area contributed by atoms with Crippen LogP contribution in [0.4, 0.5) is 22.7 Å². The number of anilines is 4. The third kappa shape index (κ3) is 6.99. The quantitative estimate of drug-likeness (QED) is 0.159. The number of fused-ring (bicyclic) bond motifs is 4. The fourth-order valence-corrected chi connectivity index (χ4v) is 7.14. The summed E-state index contributed by atoms with van der Waals surface area (Å²) in [4.78, 5) is 35.6. The molecular weight excluding hydrogens is 636 g/mol. The molecule has 0 unspecified atom stereocenters. The van der Waals surface area contributed by atoms with E-state index in [1.165, 1.54) is 33.6 Å². The maximum Gasteiger partial charge on any atom is 0.338 e. The Balaban J connectivity index is 0.000000159. The molecule has 0 bridgehead atoms. The first-order chi connectivity index (χ1) is 24.9. The van der Waals surface area contributed by atoms with Crippen molar-refractivity contribution in [2.45, 2.75) is 52.4 Å². The van der Waals surface area contributed by atoms with Gasteiger partial charge in [0.2, 0.25) is 0 Å². The SMILES string of the molecule is CCOC(=O)c1ccc(N(C)c2c3c(nc4ccccc24)CCC3)cc1.CCOC(=O)c1ccc(Nc2c3c(nc4ccccc24)CCC3)cc1. The van der Waals surface area contributed by atoms with Crippen LogP contribution in [0.2, 0.25) is 0 Å². The second kappa shape index (κ2) is 15.0. The normalized spacial score (nSPS) is 12.8. The third-order valence-electron chi connectivity index (χ3n) is 9.57. The molecule has 8 rings (SSSR count). The van der Waals surface area contributed by atoms with Gasteiger partial charge in [0.25, 0.3) is 0 Å². The lowest BCUT2D eigenvalue weighted by Gasteiger charge is -2.24. The Hall–Kier alpha value is -5.76. The maximum atomic E-state index is 11.9. The number of ether oxygens (including phenoxy) is 2. The molecule has 1 N–H and O–H groups in total. The molecule has 2 aliphatic rings. The summed E-state index contributed by atoms with van der Waals surface area (Å²) in [7, 11) is 2.08. The summed E-state index contributed by atoms with van der Waals surface area (Å²) in [6.45, 7) is 4.39. The molecule has 51 heavy (non-hydrogen) atoms. The van der Waals surface area contributed by atoms with Crippen LogP contribution in [0.1, 0.15) is 69.9 Å². The number of hydrogen-bond donors (Lipinski definition) is 1. The Morgan fingerprint density at radius 1 is 0.647 bits per heavy atom. The molecule has 0 aliphatic heterocycles. The molecule has 2 heterocycles. The van der Waals surface area contributed by atoms with E-state index in [1.54, 1.807) is 12.1 Å². The number of aromatic nitrogens is 2. The first kappa shape index (κ1) is 33.7. The van der Waals surface area contributed by atoms with Gasteiger partial charge in [0.1, 0.15) is 0 Å². The Bertz CT molecular complexity index is 2210. The maximum absolute atomic E-state index is 11.9. The number of para-hydroxylation sites is 2. The summed E-state index contributed by atoms with van der Waals surface area (Å²) in [5.41, 5.74) is 12.7. The molecule has 8 nitrogen and oxygen atoms in total. The summed E-state index contributed by atoms with van der Waals surface area (Å²) in [6.07, 6.45) is 6.50. The lowest BCUT2D eigenvalue weighted by molar-refractivity contribution is 0.0517. The lowest BCUT2D eigenvalue weighted by Crippen LogP contribution is -2.13. The highest BCUT2D eigenvalue weighted by atomic mass is 16.5. The van der Waals surface area contributed by atoms with E-state index in [1.807, 2.05) is 68.4 Å². The molecule has 0 amide bonds. The van der Waals surface area contributed by atoms with E-state index in [9.17, 15) is 9.59 Å². The van der Waals surface area contributed by atoms with Crippen molar-refractivity contribution in [3.63, 3.8) is 0 Å². The van der Waals surface area contributed by atoms with Crippen LogP contribution in [0.5, 0.6) is 0 Å². The average molecular weight is 679 g/mol. The van der Waals surface area contributed by atoms with Crippen LogP contribution in [0.15, 0.2) is 97.1 Å². The van der Waals surface area contributed by atoms with Gasteiger partial charge < -0.3 is 19.7 Å². The average Bonchev–Trinajstić information content (AvgIpc) is 3.84. The van der Waals surface area contributed by atoms with Crippen LogP contribution < -0.4 is 10.2 Å². The summed E-state index contributed by atoms with van der Waals surface area (Å²) < 4.78 is 10.1. The first-order valence-corrected chi connectivity index (χ1v) is 17.8. The highest BCUT2D eigenvalue weighted by Crippen LogP contribution is 2.39. The Morgan fingerprint density at radius 3 is 1.76 bits per heavy atom. The number of aryl methyl sites for hydroxylation is 2. The van der Waals surface area contributed by atoms with Crippen molar-refractivity contribution in [2.24, 2.45) is 0 Å². The van der Waals surface area contributed by atoms with Crippen molar-refractivity contribution < 1.29 is 19.1 Å². The summed E-state index contributed by atoms with van der Waals surface area (Å²) in [6, 6.07) is 31.6. The van der Waals surface area contributed by atoms with Crippen LogP contribution >= 0.6 is 0 Å². The van der Waals surface area contributed by atoms with Gasteiger partial charge in [-0.3, -0.25) is 9.97 Å². The molecular formula is C43H42N4O4. The standard InChI is InChI=1S/C22H22N2O2.C21H20N2O2/c1-3-26-22(25)15-11-13-16(14-12-15)24(2)21-17-7-4-5-9-19(17)23-20-10-6-8-18(20)21;1-2-25-21(24)14-10-12-15(13-11-14)22-20-16-6-3-4-8-18(16)23-19-9-5-7-17(19)20/h4-5,7,9,11-14H,3,6,8,10H2,1-2H3;3-4,6,8,10-13H,2,5,7,9H2,1H3,(H,22,23). The Morgan fingerprint density at radius 2 is 1.16 bits per heavy atom. The fourth-order valence-electron chi connectivity index (χ4n) is 7.14. The molecule has 258 valence electrons. The van der Waals surface area contributed by atoms with Crippen molar-refractivity contribution in [1.29, 1.82) is 0 Å². The second-order valence-electron chi connectivity index (χ2n) is 12.8. The van der Waals surface area contributed by atoms with E-state index in [2.05, 4.69) is 47.6 Å². The van der Waals surface area contributed by atoms with Gasteiger partial charge in [0.15, 0.2) is 0 Å². The molecule has 0 saturated carbocycles. The lowest BCUT2D eigenvalue weighted by atomic mass is 10.0. The predicted molar refractivity (Wildman–Crippen MR) is 204 cm³/mol. The topological polar surface area (TPSA) is 93.6 Å². The molecule has 0 radical (unpaired) electrons. The van der Waals surface area contributed by atoms with E-state index in [0.717, 1.165) is 72.0 Å². The van der Waals surface area contributed by atoms with Crippen molar-refractivity contribution in [3.05, 3.63) is 131 Å². The van der Waals surface area contributed by atoms with Crippen LogP contribution in [-0.2, 0) is 35.2 Å². The minimum Gasteiger partial charge on any atom is -0.462 e. The van der Waals surface area contributed by atoms with Gasteiger partial charge in [-0.15, -0.1) is 0 Å². The van der Waals surface area contributed by atoms with Crippen molar-refractivity contribution in [3.8, 4) is 0 Å². The monoisotopic (exact) mass is 678 g/mol. The Labute approximate surface area is 298 Å². The van der Waals surface area contributed by atoms with Gasteiger partial charge in [-0.1, -0.05) is 36.4 Å². The van der Waals surface area contributed by atoms with Gasteiger partial charge >= 0.3 is 11.9 Å². The van der Waals surface area contributed by atoms with Crippen LogP contribution in [0.25, 0.3) is 21.8 Å². The second-order valence-corrected chi connectivity index (χ2v) is 12.8. The minimum atomic E-state index is -0.288. The zero-order valence-corrected chi connectivity index (χ0v) is 29.4. The highest BCUT2D eigenvalue weighted by molar-refractivity contribution is 5.97. The number of nitrogens with one attached hydrogen (secondary N) is 1. The van der Waals surface area contributed by atoms with E-state index in [-0.39, 0.29) is 11.9 Å². The zero-order valence-electron chi connectivity index (χ0n) is 29.4. The molecule has 0 fully saturated rings. The molecule has 8 heteroatoms. The number of carbonyl (C=O) groups excluding carboxylic acids is 2. The smallest absolute Gasteiger partial charge is 0.338 e. The van der Waals surface area contributed by atoms with E-state index >= 15 is 0 Å². The predicted octanol–water partition coefficient (Wildman–Crippen LogP) is 9.31. The number of hydrogen-bond acceptors (Lipinski definition) is 8. The van der Waals surface area contributed by atoms with Gasteiger partial charge in [-0.05, 0) is 124 Å². The third-order valence-corrected chi connectivity index (χ3v) is 9.57. The highest BCUT2D eigenvalue weighted by Gasteiger charge is 2.23. The number of esters is 2. The zero-order chi connectivity index (χ0) is 35.3. The van der Waals surface area contributed by atoms with Gasteiger partial charge in [-0.2, -0.15) is 0 Å². The number of carbonyl (C=O) groups is 2. The van der Waals surface area contributed by atoms with Crippen molar-refractivity contribution >= 4 is 56.5 Å². The summed E-state index contributed by atoms with van der Waals surface area (Å²) >= 11 is 0. The number of rotatable bonds is 8. The van der Waals surface area contributed by atoms with Crippen LogP contribution in [0.3, 0.4) is 0 Å². The summed E-state index contributed by atoms with van der Waals surface area (Å²) in [5.74, 6) is -0.568. The molecule has 0 atom stereocenters. The van der Waals surface area contributed by atoms with Gasteiger partial charge in [0.05, 0.1) is 46.7 Å². The number of nitrogens with zero attached hydrogens (tertiary/aromatic N) is 3. The number of benzene rings is 4. The first-order valence-electron chi connectivity index (χ1n) is 17.8. The number of pyridine rings is 2. The summed E-state index contributed by atoms with van der Waals surface area (Å²) in [5, 5.41) is 5.86. The van der Waals surface area contributed by atoms with E-state index < -0.39 is 0 Å². The largest absolute Gasteiger partial charge is 0.462 e. The van der Waals surface area contributed by atoms with Crippen molar-refractivity contribution in [1.82, 2.24) is 9.97 Å². The minimum absolute atomic E-state index is 0.281. The molecule has 2 aromatic heterocycles. The Kier molecular flexibility index (Phi) is 9.92. The van der Waals surface area contributed by atoms with E-state index in [4.69, 9.17) is 19.4 Å². The van der Waals surface area contributed by atoms with Gasteiger partial charge in [-0.25, -0.2) is 9.59 Å². The van der Waals surface area contributed by atoms with Gasteiger partial charge in [0, 0.05) is 40.6 Å². The van der Waals surface area contributed by atoms with Crippen LogP contribution in [0, 0.1) is 0 Å². The molecule has 6 aromatic rings.